The fourth-order valence-corrected chi connectivity index (χ4v) is 0.974. The molecule has 0 radical (unpaired) electrons. The highest BCUT2D eigenvalue weighted by Gasteiger charge is 2.19. The predicted octanol–water partition coefficient (Wildman–Crippen LogP) is 0.824. The highest BCUT2D eigenvalue weighted by molar-refractivity contribution is 5.67. The topological polar surface area (TPSA) is 61.8 Å². The molecule has 2 N–H and O–H groups in total. The number of aliphatic hydroxyl groups is 1. The van der Waals surface area contributed by atoms with Gasteiger partial charge >= 0.3 is 6.09 Å². The molecule has 1 amide bonds. The Morgan fingerprint density at radius 3 is 2.50 bits per heavy atom. The third-order valence-electron chi connectivity index (χ3n) is 1.92. The molecule has 16 heavy (non-hydrogen) atoms. The third kappa shape index (κ3) is 7.48. The fraction of sp³-hybridized carbons (Fsp3) is 0.909. The number of nitrogens with one attached hydrogen (secondary N) is 1. The van der Waals surface area contributed by atoms with Crippen LogP contribution in [0.3, 0.4) is 0 Å². The molecular formula is C11H24N2O3. The van der Waals surface area contributed by atoms with Crippen LogP contribution in [0.15, 0.2) is 0 Å². The highest BCUT2D eigenvalue weighted by Crippen LogP contribution is 2.08. The molecule has 1 atom stereocenters. The number of carbonyl (C=O) groups excluding carboxylic acids is 1. The van der Waals surface area contributed by atoms with Gasteiger partial charge in [0, 0.05) is 26.2 Å². The van der Waals surface area contributed by atoms with Gasteiger partial charge in [0.25, 0.3) is 0 Å². The molecule has 0 heterocycles. The summed E-state index contributed by atoms with van der Waals surface area (Å²) in [6, 6.07) is 0.0482. The first kappa shape index (κ1) is 15.2. The maximum Gasteiger partial charge on any atom is 0.410 e. The van der Waals surface area contributed by atoms with Crippen molar-refractivity contribution in [3.63, 3.8) is 0 Å². The Hall–Kier alpha value is -0.810. The van der Waals surface area contributed by atoms with Gasteiger partial charge < -0.3 is 20.1 Å². The van der Waals surface area contributed by atoms with Gasteiger partial charge in [-0.25, -0.2) is 4.79 Å². The molecule has 0 rings (SSSR count). The van der Waals surface area contributed by atoms with Crippen LogP contribution < -0.4 is 5.32 Å². The van der Waals surface area contributed by atoms with E-state index in [9.17, 15) is 4.79 Å². The van der Waals surface area contributed by atoms with Crippen molar-refractivity contribution in [1.82, 2.24) is 10.2 Å². The average molecular weight is 232 g/mol. The summed E-state index contributed by atoms with van der Waals surface area (Å²) >= 11 is 0. The van der Waals surface area contributed by atoms with Crippen LogP contribution in [-0.2, 0) is 4.74 Å². The summed E-state index contributed by atoms with van der Waals surface area (Å²) < 4.78 is 5.19. The molecular weight excluding hydrogens is 208 g/mol. The molecule has 0 spiro atoms. The first-order valence-corrected chi connectivity index (χ1v) is 5.54. The number of hydrogen-bond acceptors (Lipinski definition) is 4. The molecule has 0 fully saturated rings. The van der Waals surface area contributed by atoms with Gasteiger partial charge in [-0.1, -0.05) is 0 Å². The van der Waals surface area contributed by atoms with Crippen molar-refractivity contribution in [2.75, 3.05) is 26.7 Å². The van der Waals surface area contributed by atoms with E-state index < -0.39 is 5.60 Å². The van der Waals surface area contributed by atoms with Crippen molar-refractivity contribution in [2.24, 2.45) is 0 Å². The van der Waals surface area contributed by atoms with Gasteiger partial charge in [-0.05, 0) is 27.7 Å². The minimum atomic E-state index is -0.461. The molecule has 0 bridgehead atoms. The second-order valence-corrected chi connectivity index (χ2v) is 4.94. The SMILES string of the molecule is CC(CO)NCCN(C)C(=O)OC(C)(C)C. The van der Waals surface area contributed by atoms with Crippen LogP contribution >= 0.6 is 0 Å². The van der Waals surface area contributed by atoms with Crippen LogP contribution in [0, 0.1) is 0 Å². The fourth-order valence-electron chi connectivity index (χ4n) is 0.974. The quantitative estimate of drug-likeness (QED) is 0.737. The van der Waals surface area contributed by atoms with Gasteiger partial charge in [-0.3, -0.25) is 0 Å². The van der Waals surface area contributed by atoms with Crippen molar-refractivity contribution < 1.29 is 14.6 Å². The lowest BCUT2D eigenvalue weighted by molar-refractivity contribution is 0.0299. The number of amides is 1. The van der Waals surface area contributed by atoms with E-state index in [2.05, 4.69) is 5.32 Å². The number of ether oxygens (including phenoxy) is 1. The van der Waals surface area contributed by atoms with Crippen LogP contribution in [-0.4, -0.2) is 54.5 Å². The summed E-state index contributed by atoms with van der Waals surface area (Å²) in [5.74, 6) is 0. The molecule has 0 aliphatic rings. The maximum atomic E-state index is 11.5. The summed E-state index contributed by atoms with van der Waals surface area (Å²) in [4.78, 5) is 13.0. The zero-order chi connectivity index (χ0) is 12.8. The minimum Gasteiger partial charge on any atom is -0.444 e. The second kappa shape index (κ2) is 6.70. The van der Waals surface area contributed by atoms with E-state index >= 15 is 0 Å². The number of nitrogens with zero attached hydrogens (tertiary/aromatic N) is 1. The molecule has 5 nitrogen and oxygen atoms in total. The van der Waals surface area contributed by atoms with E-state index in [0.717, 1.165) is 0 Å². The zero-order valence-electron chi connectivity index (χ0n) is 10.9. The molecule has 5 heteroatoms. The molecule has 0 aromatic rings. The third-order valence-corrected chi connectivity index (χ3v) is 1.92. The molecule has 0 saturated heterocycles. The molecule has 0 aliphatic carbocycles. The van der Waals surface area contributed by atoms with E-state index in [1.54, 1.807) is 7.05 Å². The Kier molecular flexibility index (Phi) is 6.36. The van der Waals surface area contributed by atoms with Gasteiger partial charge in [0.2, 0.25) is 0 Å². The van der Waals surface area contributed by atoms with Crippen molar-refractivity contribution in [3.05, 3.63) is 0 Å². The Morgan fingerprint density at radius 1 is 1.50 bits per heavy atom. The summed E-state index contributed by atoms with van der Waals surface area (Å²) in [5, 5.41) is 11.9. The van der Waals surface area contributed by atoms with Crippen molar-refractivity contribution in [2.45, 2.75) is 39.3 Å². The normalized spacial score (nSPS) is 13.4. The molecule has 0 saturated carbocycles. The van der Waals surface area contributed by atoms with E-state index in [-0.39, 0.29) is 18.7 Å². The minimum absolute atomic E-state index is 0.0482. The first-order chi connectivity index (χ1) is 7.26. The summed E-state index contributed by atoms with van der Waals surface area (Å²) in [7, 11) is 1.69. The summed E-state index contributed by atoms with van der Waals surface area (Å²) in [5.41, 5.74) is -0.461. The van der Waals surface area contributed by atoms with Crippen LogP contribution in [0.25, 0.3) is 0 Å². The average Bonchev–Trinajstić information content (AvgIpc) is 2.14. The molecule has 96 valence electrons. The number of hydrogen-bond donors (Lipinski definition) is 2. The maximum absolute atomic E-state index is 11.5. The van der Waals surface area contributed by atoms with Gasteiger partial charge in [0.05, 0.1) is 6.61 Å². The van der Waals surface area contributed by atoms with Crippen LogP contribution in [0.1, 0.15) is 27.7 Å². The number of rotatable bonds is 5. The monoisotopic (exact) mass is 232 g/mol. The van der Waals surface area contributed by atoms with Gasteiger partial charge in [-0.15, -0.1) is 0 Å². The van der Waals surface area contributed by atoms with Gasteiger partial charge in [0.1, 0.15) is 5.60 Å². The van der Waals surface area contributed by atoms with E-state index in [4.69, 9.17) is 9.84 Å². The summed E-state index contributed by atoms with van der Waals surface area (Å²) in [6.07, 6.45) is -0.328. The van der Waals surface area contributed by atoms with Crippen LogP contribution in [0.2, 0.25) is 0 Å². The van der Waals surface area contributed by atoms with Gasteiger partial charge in [0.15, 0.2) is 0 Å². The lowest BCUT2D eigenvalue weighted by Gasteiger charge is -2.25. The Bertz CT molecular complexity index is 214. The largest absolute Gasteiger partial charge is 0.444 e. The molecule has 0 aliphatic heterocycles. The zero-order valence-corrected chi connectivity index (χ0v) is 10.9. The van der Waals surface area contributed by atoms with Crippen LogP contribution in [0.4, 0.5) is 4.79 Å². The number of aliphatic hydroxyl groups excluding tert-OH is 1. The molecule has 1 unspecified atom stereocenters. The lowest BCUT2D eigenvalue weighted by atomic mass is 10.2. The molecule has 0 aromatic carbocycles. The second-order valence-electron chi connectivity index (χ2n) is 4.94. The number of carbonyl (C=O) groups is 1. The van der Waals surface area contributed by atoms with Gasteiger partial charge in [-0.2, -0.15) is 0 Å². The highest BCUT2D eigenvalue weighted by atomic mass is 16.6. The van der Waals surface area contributed by atoms with E-state index in [1.807, 2.05) is 27.7 Å². The van der Waals surface area contributed by atoms with E-state index in [1.165, 1.54) is 4.90 Å². The Labute approximate surface area is 97.8 Å². The smallest absolute Gasteiger partial charge is 0.410 e. The van der Waals surface area contributed by atoms with Crippen molar-refractivity contribution in [1.29, 1.82) is 0 Å². The standard InChI is InChI=1S/C11H24N2O3/c1-9(8-14)12-6-7-13(5)10(15)16-11(2,3)4/h9,12,14H,6-8H2,1-5H3. The van der Waals surface area contributed by atoms with E-state index in [0.29, 0.717) is 13.1 Å². The first-order valence-electron chi connectivity index (χ1n) is 5.54. The number of likely N-dealkylation sites (N-methyl/N-ethyl adjacent to an activating group) is 1. The van der Waals surface area contributed by atoms with Crippen LogP contribution in [0.5, 0.6) is 0 Å². The van der Waals surface area contributed by atoms with Crippen molar-refractivity contribution >= 4 is 6.09 Å². The van der Waals surface area contributed by atoms with Crippen molar-refractivity contribution in [3.8, 4) is 0 Å². The Morgan fingerprint density at radius 2 is 2.06 bits per heavy atom. The predicted molar refractivity (Wildman–Crippen MR) is 63.4 cm³/mol. The summed E-state index contributed by atoms with van der Waals surface area (Å²) in [6.45, 7) is 8.68. The Balaban J connectivity index is 3.80. The lowest BCUT2D eigenvalue weighted by Crippen LogP contribution is -2.40. The molecule has 0 aromatic heterocycles.